The molecule has 1 fully saturated rings. The van der Waals surface area contributed by atoms with Crippen LogP contribution in [0.15, 0.2) is 78.6 Å². The van der Waals surface area contributed by atoms with Crippen LogP contribution in [0.4, 0.5) is 4.39 Å². The largest absolute Gasteiger partial charge is 0.507 e. The molecule has 3 aromatic rings. The summed E-state index contributed by atoms with van der Waals surface area (Å²) in [7, 11) is 0. The number of halogens is 2. The Morgan fingerprint density at radius 2 is 1.87 bits per heavy atom. The van der Waals surface area contributed by atoms with Crippen LogP contribution < -0.4 is 0 Å². The summed E-state index contributed by atoms with van der Waals surface area (Å²) in [4.78, 5) is 31.2. The molecule has 0 radical (unpaired) electrons. The molecular weight excluding hydrogens is 407 g/mol. The highest BCUT2D eigenvalue weighted by atomic mass is 35.5. The Morgan fingerprint density at radius 3 is 2.53 bits per heavy atom. The molecule has 1 amide bonds. The SMILES string of the molecule is O=C1C(=O)N(Cc2cccnc2)C(c2ccc(F)cc2)/C1=C(/O)c1cccc(Cl)c1. The van der Waals surface area contributed by atoms with Gasteiger partial charge in [-0.25, -0.2) is 4.39 Å². The van der Waals surface area contributed by atoms with E-state index in [1.54, 1.807) is 42.7 Å². The molecular formula is C23H16ClFN2O3. The van der Waals surface area contributed by atoms with Crippen molar-refractivity contribution < 1.29 is 19.1 Å². The van der Waals surface area contributed by atoms with Gasteiger partial charge in [-0.15, -0.1) is 0 Å². The van der Waals surface area contributed by atoms with E-state index in [2.05, 4.69) is 4.98 Å². The quantitative estimate of drug-likeness (QED) is 0.382. The fraction of sp³-hybridized carbons (Fsp3) is 0.0870. The first-order chi connectivity index (χ1) is 14.5. The Morgan fingerprint density at radius 1 is 1.10 bits per heavy atom. The molecule has 1 aliphatic heterocycles. The van der Waals surface area contributed by atoms with E-state index in [0.29, 0.717) is 21.7 Å². The Labute approximate surface area is 177 Å². The van der Waals surface area contributed by atoms with Crippen LogP contribution in [0.3, 0.4) is 0 Å². The second-order valence-corrected chi connectivity index (χ2v) is 7.29. The van der Waals surface area contributed by atoms with Gasteiger partial charge in [0, 0.05) is 29.5 Å². The average molecular weight is 423 g/mol. The van der Waals surface area contributed by atoms with Crippen LogP contribution in [0.2, 0.25) is 5.02 Å². The molecule has 2 heterocycles. The summed E-state index contributed by atoms with van der Waals surface area (Å²) in [6.07, 6.45) is 3.20. The van der Waals surface area contributed by atoms with Crippen molar-refractivity contribution in [3.63, 3.8) is 0 Å². The van der Waals surface area contributed by atoms with Gasteiger partial charge >= 0.3 is 0 Å². The van der Waals surface area contributed by atoms with E-state index in [1.165, 1.54) is 35.2 Å². The van der Waals surface area contributed by atoms with Gasteiger partial charge in [-0.3, -0.25) is 14.6 Å². The number of nitrogens with zero attached hydrogens (tertiary/aromatic N) is 2. The summed E-state index contributed by atoms with van der Waals surface area (Å²) in [5, 5.41) is 11.3. The van der Waals surface area contributed by atoms with Gasteiger partial charge in [0.2, 0.25) is 0 Å². The van der Waals surface area contributed by atoms with E-state index >= 15 is 0 Å². The van der Waals surface area contributed by atoms with Crippen LogP contribution in [-0.2, 0) is 16.1 Å². The van der Waals surface area contributed by atoms with Crippen LogP contribution in [0, 0.1) is 5.82 Å². The van der Waals surface area contributed by atoms with E-state index in [9.17, 15) is 19.1 Å². The number of aromatic nitrogens is 1. The number of amides is 1. The van der Waals surface area contributed by atoms with Gasteiger partial charge in [0.15, 0.2) is 0 Å². The number of likely N-dealkylation sites (tertiary alicyclic amines) is 1. The number of Topliss-reactive ketones (excluding diaryl/α,β-unsaturated/α-hetero) is 1. The number of aliphatic hydroxyl groups excluding tert-OH is 1. The monoisotopic (exact) mass is 422 g/mol. The standard InChI is InChI=1S/C23H16ClFN2O3/c24-17-5-1-4-16(11-17)21(28)19-20(15-6-8-18(25)9-7-15)27(23(30)22(19)29)13-14-3-2-10-26-12-14/h1-12,20,28H,13H2/b21-19-. The van der Waals surface area contributed by atoms with Crippen LogP contribution in [-0.4, -0.2) is 26.7 Å². The second-order valence-electron chi connectivity index (χ2n) is 6.85. The van der Waals surface area contributed by atoms with Crippen molar-refractivity contribution in [1.29, 1.82) is 0 Å². The average Bonchev–Trinajstić information content (AvgIpc) is 2.99. The molecule has 150 valence electrons. The minimum atomic E-state index is -0.884. The van der Waals surface area contributed by atoms with Gasteiger partial charge in [0.25, 0.3) is 11.7 Å². The lowest BCUT2D eigenvalue weighted by Gasteiger charge is -2.25. The number of rotatable bonds is 4. The number of hydrogen-bond acceptors (Lipinski definition) is 4. The molecule has 0 spiro atoms. The molecule has 2 aromatic carbocycles. The van der Waals surface area contributed by atoms with E-state index < -0.39 is 23.5 Å². The number of benzene rings is 2. The fourth-order valence-corrected chi connectivity index (χ4v) is 3.70. The summed E-state index contributed by atoms with van der Waals surface area (Å²) in [6.45, 7) is 0.104. The van der Waals surface area contributed by atoms with Crippen molar-refractivity contribution in [2.75, 3.05) is 0 Å². The van der Waals surface area contributed by atoms with Crippen LogP contribution in [0.25, 0.3) is 5.76 Å². The highest BCUT2D eigenvalue weighted by Gasteiger charge is 2.46. The molecule has 30 heavy (non-hydrogen) atoms. The van der Waals surface area contributed by atoms with Gasteiger partial charge in [-0.1, -0.05) is 41.9 Å². The predicted molar refractivity (Wildman–Crippen MR) is 110 cm³/mol. The fourth-order valence-electron chi connectivity index (χ4n) is 3.51. The van der Waals surface area contributed by atoms with Gasteiger partial charge in [0.1, 0.15) is 11.6 Å². The first-order valence-electron chi connectivity index (χ1n) is 9.14. The van der Waals surface area contributed by atoms with E-state index in [-0.39, 0.29) is 17.9 Å². The lowest BCUT2D eigenvalue weighted by atomic mass is 9.95. The third kappa shape index (κ3) is 3.69. The van der Waals surface area contributed by atoms with Crippen LogP contribution >= 0.6 is 11.6 Å². The summed E-state index contributed by atoms with van der Waals surface area (Å²) >= 11 is 6.02. The summed E-state index contributed by atoms with van der Waals surface area (Å²) < 4.78 is 13.5. The molecule has 7 heteroatoms. The molecule has 4 rings (SSSR count). The number of aliphatic hydroxyl groups is 1. The maximum absolute atomic E-state index is 13.5. The van der Waals surface area contributed by atoms with Gasteiger partial charge < -0.3 is 10.0 Å². The highest BCUT2D eigenvalue weighted by Crippen LogP contribution is 2.40. The van der Waals surface area contributed by atoms with Crippen molar-refractivity contribution >= 4 is 29.1 Å². The van der Waals surface area contributed by atoms with Crippen molar-refractivity contribution in [3.8, 4) is 0 Å². The maximum atomic E-state index is 13.5. The molecule has 0 saturated carbocycles. The van der Waals surface area contributed by atoms with Gasteiger partial charge in [0.05, 0.1) is 11.6 Å². The van der Waals surface area contributed by atoms with Crippen LogP contribution in [0.1, 0.15) is 22.7 Å². The zero-order valence-electron chi connectivity index (χ0n) is 15.6. The lowest BCUT2D eigenvalue weighted by Crippen LogP contribution is -2.29. The van der Waals surface area contributed by atoms with Crippen molar-refractivity contribution in [1.82, 2.24) is 9.88 Å². The first kappa shape index (κ1) is 19.8. The Kier molecular flexibility index (Phi) is 5.33. The summed E-state index contributed by atoms with van der Waals surface area (Å²) in [6, 6.07) is 14.5. The smallest absolute Gasteiger partial charge is 0.295 e. The summed E-state index contributed by atoms with van der Waals surface area (Å²) in [5.74, 6) is -2.35. The topological polar surface area (TPSA) is 70.5 Å². The number of ketones is 1. The number of carbonyl (C=O) groups is 2. The zero-order valence-corrected chi connectivity index (χ0v) is 16.4. The Bertz CT molecular complexity index is 1150. The normalized spacial score (nSPS) is 18.1. The molecule has 5 nitrogen and oxygen atoms in total. The van der Waals surface area contributed by atoms with Gasteiger partial charge in [-0.05, 0) is 41.5 Å². The van der Waals surface area contributed by atoms with Gasteiger partial charge in [-0.2, -0.15) is 0 Å². The Hall–Kier alpha value is -3.51. The minimum Gasteiger partial charge on any atom is -0.507 e. The lowest BCUT2D eigenvalue weighted by molar-refractivity contribution is -0.140. The molecule has 1 saturated heterocycles. The van der Waals surface area contributed by atoms with Crippen molar-refractivity contribution in [3.05, 3.63) is 106 Å². The molecule has 1 aliphatic rings. The van der Waals surface area contributed by atoms with E-state index in [1.807, 2.05) is 0 Å². The highest BCUT2D eigenvalue weighted by molar-refractivity contribution is 6.46. The van der Waals surface area contributed by atoms with E-state index in [0.717, 1.165) is 0 Å². The third-order valence-electron chi connectivity index (χ3n) is 4.90. The number of pyridine rings is 1. The molecule has 0 aliphatic carbocycles. The molecule has 1 atom stereocenters. The number of hydrogen-bond donors (Lipinski definition) is 1. The summed E-state index contributed by atoms with van der Waals surface area (Å²) in [5.41, 5.74) is 1.46. The molecule has 1 unspecified atom stereocenters. The molecule has 1 aromatic heterocycles. The minimum absolute atomic E-state index is 0.0715. The second kappa shape index (κ2) is 8.08. The molecule has 1 N–H and O–H groups in total. The van der Waals surface area contributed by atoms with Crippen LogP contribution in [0.5, 0.6) is 0 Å². The third-order valence-corrected chi connectivity index (χ3v) is 5.13. The predicted octanol–water partition coefficient (Wildman–Crippen LogP) is 4.50. The zero-order chi connectivity index (χ0) is 21.3. The van der Waals surface area contributed by atoms with Crippen molar-refractivity contribution in [2.45, 2.75) is 12.6 Å². The molecule has 0 bridgehead atoms. The van der Waals surface area contributed by atoms with Crippen molar-refractivity contribution in [2.24, 2.45) is 0 Å². The first-order valence-corrected chi connectivity index (χ1v) is 9.52. The number of carbonyl (C=O) groups excluding carboxylic acids is 2. The van der Waals surface area contributed by atoms with E-state index in [4.69, 9.17) is 11.6 Å². The maximum Gasteiger partial charge on any atom is 0.295 e. The Balaban J connectivity index is 1.87.